The highest BCUT2D eigenvalue weighted by Gasteiger charge is 2.18. The average molecular weight is 273 g/mol. The lowest BCUT2D eigenvalue weighted by atomic mass is 9.93. The van der Waals surface area contributed by atoms with E-state index < -0.39 is 0 Å². The molecule has 0 fully saturated rings. The monoisotopic (exact) mass is 273 g/mol. The lowest BCUT2D eigenvalue weighted by Gasteiger charge is -2.21. The normalized spacial score (nSPS) is 12.2. The highest BCUT2D eigenvalue weighted by molar-refractivity contribution is 5.40. The molecule has 2 aromatic rings. The molecular weight excluding hydrogens is 253 g/mol. The van der Waals surface area contributed by atoms with E-state index in [4.69, 9.17) is 4.74 Å². The minimum Gasteiger partial charge on any atom is -0.497 e. The molecule has 0 saturated heterocycles. The summed E-state index contributed by atoms with van der Waals surface area (Å²) < 4.78 is 19.3. The lowest BCUT2D eigenvalue weighted by Crippen LogP contribution is -2.20. The Morgan fingerprint density at radius 3 is 2.50 bits per heavy atom. The van der Waals surface area contributed by atoms with E-state index in [0.717, 1.165) is 12.0 Å². The Kier molecular flexibility index (Phi) is 4.74. The van der Waals surface area contributed by atoms with Crippen LogP contribution in [0.15, 0.2) is 42.5 Å². The number of aryl methyl sites for hydroxylation is 1. The van der Waals surface area contributed by atoms with Crippen LogP contribution >= 0.6 is 0 Å². The van der Waals surface area contributed by atoms with Crippen LogP contribution in [0.5, 0.6) is 5.75 Å². The SMILES string of the molecule is CCc1ccccc1C(NC)c1ccc(OC)cc1F. The van der Waals surface area contributed by atoms with E-state index in [2.05, 4.69) is 18.3 Å². The van der Waals surface area contributed by atoms with Gasteiger partial charge in [0.1, 0.15) is 11.6 Å². The molecule has 106 valence electrons. The number of nitrogens with one attached hydrogen (secondary N) is 1. The van der Waals surface area contributed by atoms with E-state index >= 15 is 0 Å². The molecule has 1 unspecified atom stereocenters. The third kappa shape index (κ3) is 2.83. The smallest absolute Gasteiger partial charge is 0.132 e. The number of rotatable bonds is 5. The Bertz CT molecular complexity index is 583. The fourth-order valence-corrected chi connectivity index (χ4v) is 2.49. The van der Waals surface area contributed by atoms with E-state index in [1.807, 2.05) is 25.2 Å². The molecule has 0 aromatic heterocycles. The highest BCUT2D eigenvalue weighted by atomic mass is 19.1. The van der Waals surface area contributed by atoms with E-state index in [9.17, 15) is 4.39 Å². The molecule has 0 bridgehead atoms. The second-order valence-electron chi connectivity index (χ2n) is 4.66. The highest BCUT2D eigenvalue weighted by Crippen LogP contribution is 2.29. The quantitative estimate of drug-likeness (QED) is 0.896. The zero-order valence-corrected chi connectivity index (χ0v) is 12.1. The van der Waals surface area contributed by atoms with Gasteiger partial charge in [0.2, 0.25) is 0 Å². The van der Waals surface area contributed by atoms with Gasteiger partial charge in [0.15, 0.2) is 0 Å². The van der Waals surface area contributed by atoms with Gasteiger partial charge in [-0.05, 0) is 30.7 Å². The van der Waals surface area contributed by atoms with E-state index in [0.29, 0.717) is 11.3 Å². The molecule has 3 heteroatoms. The first kappa shape index (κ1) is 14.5. The summed E-state index contributed by atoms with van der Waals surface area (Å²) in [7, 11) is 3.39. The molecule has 2 nitrogen and oxygen atoms in total. The molecule has 2 rings (SSSR count). The van der Waals surface area contributed by atoms with Crippen LogP contribution in [0.3, 0.4) is 0 Å². The molecule has 2 aromatic carbocycles. The molecule has 1 atom stereocenters. The molecular formula is C17H20FNO. The van der Waals surface area contributed by atoms with Crippen LogP contribution in [0.2, 0.25) is 0 Å². The summed E-state index contributed by atoms with van der Waals surface area (Å²) in [6, 6.07) is 13.0. The van der Waals surface area contributed by atoms with Crippen LogP contribution in [0, 0.1) is 5.82 Å². The topological polar surface area (TPSA) is 21.3 Å². The maximum absolute atomic E-state index is 14.3. The van der Waals surface area contributed by atoms with Crippen LogP contribution in [0.1, 0.15) is 29.7 Å². The van der Waals surface area contributed by atoms with Gasteiger partial charge >= 0.3 is 0 Å². The molecule has 0 heterocycles. The van der Waals surface area contributed by atoms with E-state index in [1.54, 1.807) is 12.1 Å². The molecule has 0 aliphatic carbocycles. The van der Waals surface area contributed by atoms with Crippen LogP contribution in [0.4, 0.5) is 4.39 Å². The van der Waals surface area contributed by atoms with Crippen molar-refractivity contribution in [1.82, 2.24) is 5.32 Å². The first-order chi connectivity index (χ1) is 9.71. The molecule has 0 spiro atoms. The van der Waals surface area contributed by atoms with Crippen molar-refractivity contribution in [2.45, 2.75) is 19.4 Å². The van der Waals surface area contributed by atoms with Gasteiger partial charge < -0.3 is 10.1 Å². The molecule has 0 aliphatic heterocycles. The standard InChI is InChI=1S/C17H20FNO/c1-4-12-7-5-6-8-14(12)17(19-2)15-10-9-13(20-3)11-16(15)18/h5-11,17,19H,4H2,1-3H3. The Hall–Kier alpha value is -1.87. The fourth-order valence-electron chi connectivity index (χ4n) is 2.49. The zero-order chi connectivity index (χ0) is 14.5. The number of methoxy groups -OCH3 is 1. The Morgan fingerprint density at radius 1 is 1.15 bits per heavy atom. The molecule has 1 N–H and O–H groups in total. The van der Waals surface area contributed by atoms with Crippen molar-refractivity contribution >= 4 is 0 Å². The first-order valence-electron chi connectivity index (χ1n) is 6.79. The minimum absolute atomic E-state index is 0.156. The molecule has 0 saturated carbocycles. The summed E-state index contributed by atoms with van der Waals surface area (Å²) >= 11 is 0. The van der Waals surface area contributed by atoms with Gasteiger partial charge in [-0.3, -0.25) is 0 Å². The van der Waals surface area contributed by atoms with Crippen LogP contribution in [-0.4, -0.2) is 14.2 Å². The van der Waals surface area contributed by atoms with Crippen molar-refractivity contribution in [2.24, 2.45) is 0 Å². The third-order valence-corrected chi connectivity index (χ3v) is 3.55. The molecule has 20 heavy (non-hydrogen) atoms. The Labute approximate surface area is 119 Å². The number of benzene rings is 2. The van der Waals surface area contributed by atoms with Gasteiger partial charge in [0.05, 0.1) is 13.2 Å². The van der Waals surface area contributed by atoms with Crippen molar-refractivity contribution < 1.29 is 9.13 Å². The van der Waals surface area contributed by atoms with Gasteiger partial charge in [-0.1, -0.05) is 37.3 Å². The molecule has 0 radical (unpaired) electrons. The summed E-state index contributed by atoms with van der Waals surface area (Å²) in [5.74, 6) is 0.277. The minimum atomic E-state index is -0.255. The molecule has 0 amide bonds. The fraction of sp³-hybridized carbons (Fsp3) is 0.294. The Balaban J connectivity index is 2.47. The van der Waals surface area contributed by atoms with E-state index in [1.165, 1.54) is 18.7 Å². The summed E-state index contributed by atoms with van der Waals surface area (Å²) in [4.78, 5) is 0. The second-order valence-corrected chi connectivity index (χ2v) is 4.66. The number of hydrogen-bond donors (Lipinski definition) is 1. The predicted molar refractivity (Wildman–Crippen MR) is 79.7 cm³/mol. The van der Waals surface area contributed by atoms with Gasteiger partial charge in [-0.15, -0.1) is 0 Å². The maximum Gasteiger partial charge on any atom is 0.132 e. The summed E-state index contributed by atoms with van der Waals surface area (Å²) in [6.07, 6.45) is 0.923. The van der Waals surface area contributed by atoms with Crippen molar-refractivity contribution in [3.63, 3.8) is 0 Å². The van der Waals surface area contributed by atoms with Gasteiger partial charge in [-0.25, -0.2) is 4.39 Å². The average Bonchev–Trinajstić information content (AvgIpc) is 2.50. The number of hydrogen-bond acceptors (Lipinski definition) is 2. The zero-order valence-electron chi connectivity index (χ0n) is 12.1. The predicted octanol–water partition coefficient (Wildman–Crippen LogP) is 3.71. The van der Waals surface area contributed by atoms with Crippen LogP contribution in [-0.2, 0) is 6.42 Å². The maximum atomic E-state index is 14.3. The second kappa shape index (κ2) is 6.53. The number of ether oxygens (including phenoxy) is 1. The summed E-state index contributed by atoms with van der Waals surface area (Å²) in [5, 5.41) is 3.21. The summed E-state index contributed by atoms with van der Waals surface area (Å²) in [5.41, 5.74) is 2.97. The van der Waals surface area contributed by atoms with Crippen molar-refractivity contribution in [3.8, 4) is 5.75 Å². The van der Waals surface area contributed by atoms with E-state index in [-0.39, 0.29) is 11.9 Å². The third-order valence-electron chi connectivity index (χ3n) is 3.55. The van der Waals surface area contributed by atoms with Gasteiger partial charge in [-0.2, -0.15) is 0 Å². The largest absolute Gasteiger partial charge is 0.497 e. The van der Waals surface area contributed by atoms with Gasteiger partial charge in [0, 0.05) is 11.6 Å². The Morgan fingerprint density at radius 2 is 1.90 bits per heavy atom. The van der Waals surface area contributed by atoms with Crippen molar-refractivity contribution in [1.29, 1.82) is 0 Å². The summed E-state index contributed by atoms with van der Waals surface area (Å²) in [6.45, 7) is 2.11. The first-order valence-corrected chi connectivity index (χ1v) is 6.79. The molecule has 0 aliphatic rings. The van der Waals surface area contributed by atoms with Crippen molar-refractivity contribution in [2.75, 3.05) is 14.2 Å². The van der Waals surface area contributed by atoms with Crippen LogP contribution in [0.25, 0.3) is 0 Å². The van der Waals surface area contributed by atoms with Crippen LogP contribution < -0.4 is 10.1 Å². The lowest BCUT2D eigenvalue weighted by molar-refractivity contribution is 0.410. The number of halogens is 1. The van der Waals surface area contributed by atoms with Gasteiger partial charge in [0.25, 0.3) is 0 Å². The van der Waals surface area contributed by atoms with Crippen molar-refractivity contribution in [3.05, 3.63) is 65.0 Å².